The molecule has 0 aliphatic heterocycles. The van der Waals surface area contributed by atoms with Crippen molar-refractivity contribution in [2.45, 2.75) is 6.61 Å². The summed E-state index contributed by atoms with van der Waals surface area (Å²) in [5.74, 6) is 0.395. The highest BCUT2D eigenvalue weighted by molar-refractivity contribution is 9.10. The Balaban J connectivity index is 2.19. The number of rotatable bonds is 3. The number of benzene rings is 2. The molecule has 0 saturated heterocycles. The molecule has 2 aromatic carbocycles. The van der Waals surface area contributed by atoms with E-state index < -0.39 is 0 Å². The second kappa shape index (κ2) is 6.55. The van der Waals surface area contributed by atoms with Crippen LogP contribution < -0.4 is 4.74 Å². The molecular formula is C13H7BrCl4O. The Bertz CT molecular complexity index is 593. The zero-order valence-corrected chi connectivity index (χ0v) is 14.0. The number of hydrogen-bond donors (Lipinski definition) is 0. The van der Waals surface area contributed by atoms with Crippen LogP contribution in [0.4, 0.5) is 0 Å². The number of ether oxygens (including phenoxy) is 1. The predicted octanol–water partition coefficient (Wildman–Crippen LogP) is 6.64. The maximum atomic E-state index is 6.10. The average Bonchev–Trinajstić information content (AvgIpc) is 2.30. The SMILES string of the molecule is Clc1cc(Cl)c(OCc2ccc(Br)cc2Cl)c(Cl)c1. The van der Waals surface area contributed by atoms with Crippen molar-refractivity contribution in [3.8, 4) is 5.75 Å². The Labute approximate surface area is 139 Å². The van der Waals surface area contributed by atoms with Gasteiger partial charge in [0.25, 0.3) is 0 Å². The first-order valence-electron chi connectivity index (χ1n) is 5.18. The van der Waals surface area contributed by atoms with Crippen molar-refractivity contribution < 1.29 is 4.74 Å². The zero-order valence-electron chi connectivity index (χ0n) is 9.39. The van der Waals surface area contributed by atoms with Crippen molar-refractivity contribution in [3.63, 3.8) is 0 Å². The largest absolute Gasteiger partial charge is 0.486 e. The molecule has 0 N–H and O–H groups in total. The van der Waals surface area contributed by atoms with Gasteiger partial charge in [-0.3, -0.25) is 0 Å². The average molecular weight is 401 g/mol. The summed E-state index contributed by atoms with van der Waals surface area (Å²) < 4.78 is 6.51. The Morgan fingerprint density at radius 1 is 0.895 bits per heavy atom. The lowest BCUT2D eigenvalue weighted by Crippen LogP contribution is -1.97. The van der Waals surface area contributed by atoms with Crippen LogP contribution in [0.25, 0.3) is 0 Å². The van der Waals surface area contributed by atoms with Gasteiger partial charge >= 0.3 is 0 Å². The molecule has 19 heavy (non-hydrogen) atoms. The van der Waals surface area contributed by atoms with E-state index in [1.54, 1.807) is 18.2 Å². The summed E-state index contributed by atoms with van der Waals surface area (Å²) in [6, 6.07) is 8.70. The molecule has 0 radical (unpaired) electrons. The molecule has 0 aliphatic carbocycles. The molecule has 6 heteroatoms. The van der Waals surface area contributed by atoms with E-state index >= 15 is 0 Å². The third-order valence-electron chi connectivity index (χ3n) is 2.35. The highest BCUT2D eigenvalue weighted by atomic mass is 79.9. The molecule has 0 atom stereocenters. The monoisotopic (exact) mass is 398 g/mol. The molecule has 100 valence electrons. The van der Waals surface area contributed by atoms with Crippen LogP contribution in [0.1, 0.15) is 5.56 Å². The fourth-order valence-corrected chi connectivity index (χ4v) is 3.11. The molecule has 0 bridgehead atoms. The van der Waals surface area contributed by atoms with Crippen molar-refractivity contribution in [2.75, 3.05) is 0 Å². The van der Waals surface area contributed by atoms with Gasteiger partial charge in [0.1, 0.15) is 6.61 Å². The van der Waals surface area contributed by atoms with E-state index in [-0.39, 0.29) is 6.61 Å². The minimum absolute atomic E-state index is 0.271. The molecule has 1 nitrogen and oxygen atoms in total. The first kappa shape index (κ1) is 15.3. The van der Waals surface area contributed by atoms with Gasteiger partial charge in [-0.1, -0.05) is 68.4 Å². The van der Waals surface area contributed by atoms with E-state index in [9.17, 15) is 0 Å². The summed E-state index contributed by atoms with van der Waals surface area (Å²) in [6.07, 6.45) is 0. The van der Waals surface area contributed by atoms with E-state index in [1.165, 1.54) is 0 Å². The molecule has 0 spiro atoms. The lowest BCUT2D eigenvalue weighted by atomic mass is 10.2. The minimum Gasteiger partial charge on any atom is -0.486 e. The lowest BCUT2D eigenvalue weighted by Gasteiger charge is -2.11. The second-order valence-corrected chi connectivity index (χ2v) is 6.30. The first-order valence-corrected chi connectivity index (χ1v) is 7.49. The van der Waals surface area contributed by atoms with Crippen molar-refractivity contribution in [1.82, 2.24) is 0 Å². The molecule has 0 heterocycles. The summed E-state index contributed by atoms with van der Waals surface area (Å²) in [7, 11) is 0. The van der Waals surface area contributed by atoms with Crippen LogP contribution in [0.3, 0.4) is 0 Å². The van der Waals surface area contributed by atoms with Crippen molar-refractivity contribution in [1.29, 1.82) is 0 Å². The van der Waals surface area contributed by atoms with Crippen LogP contribution in [0, 0.1) is 0 Å². The molecule has 2 aromatic rings. The zero-order chi connectivity index (χ0) is 14.0. The normalized spacial score (nSPS) is 10.6. The third kappa shape index (κ3) is 3.93. The van der Waals surface area contributed by atoms with E-state index in [1.807, 2.05) is 12.1 Å². The Morgan fingerprint density at radius 2 is 1.53 bits per heavy atom. The fourth-order valence-electron chi connectivity index (χ4n) is 1.46. The van der Waals surface area contributed by atoms with Gasteiger partial charge < -0.3 is 4.74 Å². The van der Waals surface area contributed by atoms with Gasteiger partial charge in [0.05, 0.1) is 10.0 Å². The van der Waals surface area contributed by atoms with Crippen LogP contribution in [-0.2, 0) is 6.61 Å². The van der Waals surface area contributed by atoms with Gasteiger partial charge in [-0.25, -0.2) is 0 Å². The van der Waals surface area contributed by atoms with Crippen LogP contribution in [0.5, 0.6) is 5.75 Å². The molecular weight excluding hydrogens is 394 g/mol. The molecule has 0 fully saturated rings. The summed E-state index contributed by atoms with van der Waals surface area (Å²) in [5, 5.41) is 1.80. The van der Waals surface area contributed by atoms with Crippen molar-refractivity contribution in [2.24, 2.45) is 0 Å². The smallest absolute Gasteiger partial charge is 0.157 e. The topological polar surface area (TPSA) is 9.23 Å². The summed E-state index contributed by atoms with van der Waals surface area (Å²) >= 11 is 27.3. The van der Waals surface area contributed by atoms with Gasteiger partial charge in [0.2, 0.25) is 0 Å². The van der Waals surface area contributed by atoms with Gasteiger partial charge in [-0.15, -0.1) is 0 Å². The van der Waals surface area contributed by atoms with E-state index in [0.29, 0.717) is 25.8 Å². The Hall–Kier alpha value is -0.120. The standard InChI is InChI=1S/C13H7BrCl4O/c14-8-2-1-7(10(16)3-8)6-19-13-11(17)4-9(15)5-12(13)18/h1-5H,6H2. The van der Waals surface area contributed by atoms with Gasteiger partial charge in [-0.2, -0.15) is 0 Å². The van der Waals surface area contributed by atoms with Gasteiger partial charge in [-0.05, 0) is 24.3 Å². The minimum atomic E-state index is 0.271. The van der Waals surface area contributed by atoms with E-state index in [4.69, 9.17) is 51.1 Å². The first-order chi connectivity index (χ1) is 8.97. The Kier molecular flexibility index (Phi) is 5.27. The fraction of sp³-hybridized carbons (Fsp3) is 0.0769. The third-order valence-corrected chi connectivity index (χ3v) is 3.97. The molecule has 0 amide bonds. The van der Waals surface area contributed by atoms with Crippen LogP contribution >= 0.6 is 62.3 Å². The highest BCUT2D eigenvalue weighted by Gasteiger charge is 2.10. The number of halogens is 5. The molecule has 0 saturated carbocycles. The quantitative estimate of drug-likeness (QED) is 0.561. The molecule has 0 unspecified atom stereocenters. The summed E-state index contributed by atoms with van der Waals surface area (Å²) in [4.78, 5) is 0. The second-order valence-electron chi connectivity index (χ2n) is 3.72. The summed E-state index contributed by atoms with van der Waals surface area (Å²) in [6.45, 7) is 0.271. The molecule has 0 aromatic heterocycles. The van der Waals surface area contributed by atoms with Gasteiger partial charge in [0, 0.05) is 20.1 Å². The van der Waals surface area contributed by atoms with E-state index in [0.717, 1.165) is 10.0 Å². The highest BCUT2D eigenvalue weighted by Crippen LogP contribution is 2.36. The number of hydrogen-bond acceptors (Lipinski definition) is 1. The van der Waals surface area contributed by atoms with Crippen molar-refractivity contribution in [3.05, 3.63) is 60.5 Å². The maximum Gasteiger partial charge on any atom is 0.157 e. The predicted molar refractivity (Wildman–Crippen MR) is 85.0 cm³/mol. The van der Waals surface area contributed by atoms with Crippen LogP contribution in [0.2, 0.25) is 20.1 Å². The van der Waals surface area contributed by atoms with Crippen LogP contribution in [-0.4, -0.2) is 0 Å². The van der Waals surface area contributed by atoms with Gasteiger partial charge in [0.15, 0.2) is 5.75 Å². The molecule has 2 rings (SSSR count). The van der Waals surface area contributed by atoms with Crippen molar-refractivity contribution >= 4 is 62.3 Å². The Morgan fingerprint density at radius 3 is 2.11 bits per heavy atom. The molecule has 0 aliphatic rings. The summed E-state index contributed by atoms with van der Waals surface area (Å²) in [5.41, 5.74) is 0.840. The maximum absolute atomic E-state index is 6.10. The van der Waals surface area contributed by atoms with Crippen LogP contribution in [0.15, 0.2) is 34.8 Å². The van der Waals surface area contributed by atoms with E-state index in [2.05, 4.69) is 15.9 Å². The lowest BCUT2D eigenvalue weighted by molar-refractivity contribution is 0.306.